The van der Waals surface area contributed by atoms with Crippen LogP contribution >= 0.6 is 19.3 Å². The van der Waals surface area contributed by atoms with Gasteiger partial charge in [-0.1, -0.05) is 18.5 Å². The van der Waals surface area contributed by atoms with Gasteiger partial charge >= 0.3 is 13.7 Å². The largest absolute Gasteiger partial charge is 0.468 e. The molecule has 0 saturated carbocycles. The molecule has 1 aromatic carbocycles. The number of nitrogens with two attached hydrogens (primary N) is 1. The van der Waals surface area contributed by atoms with E-state index in [-0.39, 0.29) is 24.1 Å². The Morgan fingerprint density at radius 1 is 1.44 bits per heavy atom. The number of esters is 1. The van der Waals surface area contributed by atoms with Crippen LogP contribution in [0.25, 0.3) is 0 Å². The Balaban J connectivity index is 2.09. The number of amidine groups is 1. The molecule has 0 radical (unpaired) electrons. The van der Waals surface area contributed by atoms with Crippen LogP contribution in [0.4, 0.5) is 0 Å². The number of carbonyl (C=O) groups excluding carboxylic acids is 1. The zero-order chi connectivity index (χ0) is 23.9. The lowest BCUT2D eigenvalue weighted by Gasteiger charge is -2.24. The minimum absolute atomic E-state index is 0.144. The van der Waals surface area contributed by atoms with E-state index >= 15 is 0 Å². The Labute approximate surface area is 191 Å². The Morgan fingerprint density at radius 3 is 2.69 bits per heavy atom. The smallest absolute Gasteiger partial charge is 0.459 e. The summed E-state index contributed by atoms with van der Waals surface area (Å²) < 4.78 is 34.8. The first-order chi connectivity index (χ1) is 15.0. The van der Waals surface area contributed by atoms with Gasteiger partial charge in [-0.3, -0.25) is 14.7 Å². The van der Waals surface area contributed by atoms with Gasteiger partial charge in [0.05, 0.1) is 19.8 Å². The summed E-state index contributed by atoms with van der Waals surface area (Å²) in [5.74, 6) is -0.966. The average molecular weight is 491 g/mol. The van der Waals surface area contributed by atoms with Gasteiger partial charge < -0.3 is 30.2 Å². The number of ether oxygens (including phenoxy) is 2. The summed E-state index contributed by atoms with van der Waals surface area (Å²) in [4.78, 5) is 11.8. The number of aliphatic hydroxyl groups excluding tert-OH is 1. The molecule has 32 heavy (non-hydrogen) atoms. The Kier molecular flexibility index (Phi) is 9.50. The van der Waals surface area contributed by atoms with Crippen molar-refractivity contribution in [3.05, 3.63) is 41.6 Å². The predicted octanol–water partition coefficient (Wildman–Crippen LogP) is 1.76. The van der Waals surface area contributed by atoms with E-state index < -0.39 is 38.2 Å². The highest BCUT2D eigenvalue weighted by Crippen LogP contribution is 2.46. The lowest BCUT2D eigenvalue weighted by atomic mass is 10.0. The molecule has 0 amide bonds. The van der Waals surface area contributed by atoms with Gasteiger partial charge in [0.2, 0.25) is 0 Å². The second-order valence-electron chi connectivity index (χ2n) is 7.11. The van der Waals surface area contributed by atoms with Crippen molar-refractivity contribution in [2.24, 2.45) is 11.7 Å². The molecule has 1 saturated heterocycles. The summed E-state index contributed by atoms with van der Waals surface area (Å²) in [6.07, 6.45) is 0.394. The van der Waals surface area contributed by atoms with Gasteiger partial charge in [0, 0.05) is 17.1 Å². The molecule has 13 heteroatoms. The molecule has 178 valence electrons. The SMILES string of the molecule is COC(=O)C(C)NP(=O)(OCC1OC(N/C=C\C(=N)N)C(C)[C@@H]1O)Oc1ccc(Cl)cc1. The van der Waals surface area contributed by atoms with Crippen LogP contribution in [0.1, 0.15) is 13.8 Å². The van der Waals surface area contributed by atoms with E-state index in [1.807, 2.05) is 0 Å². The zero-order valence-electron chi connectivity index (χ0n) is 17.9. The first kappa shape index (κ1) is 26.1. The topological polar surface area (TPSA) is 165 Å². The van der Waals surface area contributed by atoms with E-state index in [0.29, 0.717) is 5.02 Å². The molecule has 11 nitrogen and oxygen atoms in total. The summed E-state index contributed by atoms with van der Waals surface area (Å²) >= 11 is 5.87. The summed E-state index contributed by atoms with van der Waals surface area (Å²) in [6.45, 7) is 2.90. The van der Waals surface area contributed by atoms with Crippen LogP contribution in [0.3, 0.4) is 0 Å². The van der Waals surface area contributed by atoms with E-state index in [2.05, 4.69) is 15.1 Å². The maximum atomic E-state index is 13.4. The molecule has 6 atom stereocenters. The first-order valence-corrected chi connectivity index (χ1v) is 11.6. The monoisotopic (exact) mass is 490 g/mol. The van der Waals surface area contributed by atoms with Crippen LogP contribution in [-0.4, -0.2) is 55.1 Å². The molecule has 1 aliphatic rings. The van der Waals surface area contributed by atoms with Crippen molar-refractivity contribution in [2.75, 3.05) is 13.7 Å². The van der Waals surface area contributed by atoms with Gasteiger partial charge in [-0.05, 0) is 37.3 Å². The van der Waals surface area contributed by atoms with Gasteiger partial charge in [-0.2, -0.15) is 5.09 Å². The Bertz CT molecular complexity index is 870. The highest BCUT2D eigenvalue weighted by Gasteiger charge is 2.42. The zero-order valence-corrected chi connectivity index (χ0v) is 19.5. The molecule has 2 rings (SSSR count). The van der Waals surface area contributed by atoms with Crippen LogP contribution in [0.15, 0.2) is 36.5 Å². The van der Waals surface area contributed by atoms with Crippen molar-refractivity contribution in [3.63, 3.8) is 0 Å². The normalized spacial score (nSPS) is 25.8. The first-order valence-electron chi connectivity index (χ1n) is 9.70. The number of hydrogen-bond acceptors (Lipinski definition) is 9. The van der Waals surface area contributed by atoms with Crippen LogP contribution < -0.4 is 20.7 Å². The maximum Gasteiger partial charge on any atom is 0.459 e. The van der Waals surface area contributed by atoms with Crippen LogP contribution in [-0.2, 0) is 23.4 Å². The second kappa shape index (κ2) is 11.6. The van der Waals surface area contributed by atoms with Crippen LogP contribution in [0.2, 0.25) is 5.02 Å². The molecular weight excluding hydrogens is 463 g/mol. The number of carbonyl (C=O) groups is 1. The van der Waals surface area contributed by atoms with E-state index in [4.69, 9.17) is 36.5 Å². The molecule has 0 aliphatic carbocycles. The third-order valence-electron chi connectivity index (χ3n) is 4.60. The van der Waals surface area contributed by atoms with Crippen molar-refractivity contribution in [3.8, 4) is 5.75 Å². The molecule has 1 fully saturated rings. The molecule has 6 N–H and O–H groups in total. The number of hydrogen-bond donors (Lipinski definition) is 5. The molecule has 5 unspecified atom stereocenters. The molecule has 1 aliphatic heterocycles. The molecule has 0 aromatic heterocycles. The maximum absolute atomic E-state index is 13.4. The lowest BCUT2D eigenvalue weighted by molar-refractivity contribution is -0.142. The number of benzene rings is 1. The summed E-state index contributed by atoms with van der Waals surface area (Å²) in [6, 6.07) is 5.07. The van der Waals surface area contributed by atoms with Gasteiger partial charge in [0.1, 0.15) is 30.0 Å². The summed E-state index contributed by atoms with van der Waals surface area (Å²) in [7, 11) is -2.90. The number of nitrogens with one attached hydrogen (secondary N) is 3. The molecule has 0 bridgehead atoms. The molecule has 1 aromatic rings. The van der Waals surface area contributed by atoms with Gasteiger partial charge in [0.25, 0.3) is 0 Å². The van der Waals surface area contributed by atoms with E-state index in [1.165, 1.54) is 38.4 Å². The highest BCUT2D eigenvalue weighted by atomic mass is 35.5. The Morgan fingerprint density at radius 2 is 2.09 bits per heavy atom. The molecule has 1 heterocycles. The van der Waals surface area contributed by atoms with Crippen molar-refractivity contribution in [1.29, 1.82) is 5.41 Å². The summed E-state index contributed by atoms with van der Waals surface area (Å²) in [5.41, 5.74) is 5.26. The fourth-order valence-corrected chi connectivity index (χ4v) is 4.46. The van der Waals surface area contributed by atoms with E-state index in [9.17, 15) is 14.5 Å². The lowest BCUT2D eigenvalue weighted by Crippen LogP contribution is -2.36. The minimum atomic E-state index is -4.10. The van der Waals surface area contributed by atoms with Crippen molar-refractivity contribution >= 4 is 31.2 Å². The number of aliphatic hydroxyl groups is 1. The predicted molar refractivity (Wildman–Crippen MR) is 118 cm³/mol. The van der Waals surface area contributed by atoms with Crippen molar-refractivity contribution < 1.29 is 33.0 Å². The van der Waals surface area contributed by atoms with E-state index in [0.717, 1.165) is 0 Å². The quantitative estimate of drug-likeness (QED) is 0.133. The molecule has 0 spiro atoms. The number of methoxy groups -OCH3 is 1. The van der Waals surface area contributed by atoms with Crippen LogP contribution in [0, 0.1) is 11.3 Å². The third-order valence-corrected chi connectivity index (χ3v) is 6.49. The average Bonchev–Trinajstić information content (AvgIpc) is 3.01. The second-order valence-corrected chi connectivity index (χ2v) is 9.24. The number of rotatable bonds is 11. The standard InChI is InChI=1S/C19H28ClN4O7P/c1-11-17(25)15(30-18(11)23-9-8-16(21)22)10-29-32(27,24-12(2)19(26)28-3)31-14-6-4-13(20)5-7-14/h4-9,11-12,15,17-18,23,25H,10H2,1-3H3,(H3,21,22)(H,24,27)/b9-8-/t11?,12?,15?,17-,18?,32?/m0/s1. The van der Waals surface area contributed by atoms with Gasteiger partial charge in [-0.15, -0.1) is 0 Å². The fourth-order valence-electron chi connectivity index (χ4n) is 2.83. The third kappa shape index (κ3) is 7.47. The fraction of sp³-hybridized carbons (Fsp3) is 0.474. The highest BCUT2D eigenvalue weighted by molar-refractivity contribution is 7.52. The van der Waals surface area contributed by atoms with E-state index in [1.54, 1.807) is 19.1 Å². The van der Waals surface area contributed by atoms with Crippen molar-refractivity contribution in [1.82, 2.24) is 10.4 Å². The number of halogens is 1. The minimum Gasteiger partial charge on any atom is -0.468 e. The van der Waals surface area contributed by atoms with Crippen LogP contribution in [0.5, 0.6) is 5.75 Å². The van der Waals surface area contributed by atoms with Crippen molar-refractivity contribution in [2.45, 2.75) is 38.3 Å². The summed E-state index contributed by atoms with van der Waals surface area (Å²) in [5, 5.41) is 23.5. The van der Waals surface area contributed by atoms with Gasteiger partial charge in [-0.25, -0.2) is 4.57 Å². The molecular formula is C19H28ClN4O7P. The Hall–Kier alpha value is -2.14. The van der Waals surface area contributed by atoms with Gasteiger partial charge in [0.15, 0.2) is 0 Å².